The van der Waals surface area contributed by atoms with Gasteiger partial charge in [0.1, 0.15) is 5.75 Å². The standard InChI is InChI=1S/C25H29N5O4/c1-6-30-17(4)19(16(3)29-30)13-26-25(27-20-11-15(2)7-9-21(20)32-5)28-24(31)18-8-10-22-23(12-18)34-14-33-22/h7-12H,6,13-14H2,1-5H3,(H2,26,27,28,31). The minimum Gasteiger partial charge on any atom is -0.495 e. The van der Waals surface area contributed by atoms with Crippen molar-refractivity contribution in [1.29, 1.82) is 0 Å². The zero-order valence-corrected chi connectivity index (χ0v) is 20.1. The van der Waals surface area contributed by atoms with Crippen LogP contribution in [0.3, 0.4) is 0 Å². The van der Waals surface area contributed by atoms with Crippen LogP contribution in [0.25, 0.3) is 0 Å². The maximum Gasteiger partial charge on any atom is 0.258 e. The summed E-state index contributed by atoms with van der Waals surface area (Å²) in [6.45, 7) is 9.31. The van der Waals surface area contributed by atoms with E-state index in [9.17, 15) is 4.79 Å². The molecule has 0 fully saturated rings. The molecule has 9 nitrogen and oxygen atoms in total. The Morgan fingerprint density at radius 1 is 1.15 bits per heavy atom. The van der Waals surface area contributed by atoms with Crippen LogP contribution in [0.5, 0.6) is 17.2 Å². The first-order chi connectivity index (χ1) is 16.4. The van der Waals surface area contributed by atoms with E-state index in [-0.39, 0.29) is 12.7 Å². The van der Waals surface area contributed by atoms with Crippen LogP contribution < -0.4 is 24.8 Å². The van der Waals surface area contributed by atoms with E-state index in [1.807, 2.05) is 43.7 Å². The van der Waals surface area contributed by atoms with Crippen LogP contribution in [-0.2, 0) is 13.1 Å². The summed E-state index contributed by atoms with van der Waals surface area (Å²) in [6.07, 6.45) is 0. The van der Waals surface area contributed by atoms with E-state index in [0.29, 0.717) is 41.0 Å². The van der Waals surface area contributed by atoms with Gasteiger partial charge in [0.2, 0.25) is 12.8 Å². The summed E-state index contributed by atoms with van der Waals surface area (Å²) < 4.78 is 18.2. The second-order valence-electron chi connectivity index (χ2n) is 7.98. The van der Waals surface area contributed by atoms with Crippen LogP contribution in [0, 0.1) is 20.8 Å². The first-order valence-electron chi connectivity index (χ1n) is 11.1. The van der Waals surface area contributed by atoms with E-state index < -0.39 is 0 Å². The predicted molar refractivity (Wildman–Crippen MR) is 130 cm³/mol. The molecule has 178 valence electrons. The van der Waals surface area contributed by atoms with Gasteiger partial charge in [0.05, 0.1) is 25.0 Å². The van der Waals surface area contributed by atoms with Gasteiger partial charge in [0.25, 0.3) is 5.91 Å². The normalized spacial score (nSPS) is 12.6. The molecule has 1 aliphatic rings. The van der Waals surface area contributed by atoms with Gasteiger partial charge in [-0.15, -0.1) is 0 Å². The van der Waals surface area contributed by atoms with Crippen molar-refractivity contribution in [2.24, 2.45) is 4.99 Å². The van der Waals surface area contributed by atoms with Crippen molar-refractivity contribution in [2.45, 2.75) is 40.8 Å². The molecule has 0 atom stereocenters. The number of guanidine groups is 1. The molecular formula is C25H29N5O4. The van der Waals surface area contributed by atoms with Crippen LogP contribution in [0.15, 0.2) is 41.4 Å². The fraction of sp³-hybridized carbons (Fsp3) is 0.320. The number of rotatable bonds is 6. The lowest BCUT2D eigenvalue weighted by molar-refractivity contribution is 0.0976. The monoisotopic (exact) mass is 463 g/mol. The van der Waals surface area contributed by atoms with Gasteiger partial charge in [-0.2, -0.15) is 5.10 Å². The molecule has 0 unspecified atom stereocenters. The van der Waals surface area contributed by atoms with Gasteiger partial charge in [0, 0.05) is 23.4 Å². The van der Waals surface area contributed by atoms with Crippen molar-refractivity contribution < 1.29 is 19.0 Å². The first kappa shape index (κ1) is 23.2. The number of carbonyl (C=O) groups is 1. The Labute approximate surface area is 198 Å². The van der Waals surface area contributed by atoms with E-state index in [2.05, 4.69) is 22.7 Å². The number of aromatic nitrogens is 2. The van der Waals surface area contributed by atoms with Gasteiger partial charge in [-0.05, 0) is 63.6 Å². The third kappa shape index (κ3) is 4.83. The number of methoxy groups -OCH3 is 1. The highest BCUT2D eigenvalue weighted by atomic mass is 16.7. The van der Waals surface area contributed by atoms with Crippen LogP contribution in [0.4, 0.5) is 5.69 Å². The lowest BCUT2D eigenvalue weighted by Crippen LogP contribution is -2.36. The molecular weight excluding hydrogens is 434 g/mol. The average Bonchev–Trinajstić information content (AvgIpc) is 3.40. The molecule has 0 aliphatic carbocycles. The minimum atomic E-state index is -0.325. The number of nitrogens with zero attached hydrogens (tertiary/aromatic N) is 3. The molecule has 1 amide bonds. The molecule has 34 heavy (non-hydrogen) atoms. The van der Waals surface area contributed by atoms with E-state index in [4.69, 9.17) is 19.2 Å². The topological polar surface area (TPSA) is 99.0 Å². The van der Waals surface area contributed by atoms with Crippen molar-refractivity contribution in [3.05, 3.63) is 64.5 Å². The van der Waals surface area contributed by atoms with Crippen molar-refractivity contribution >= 4 is 17.6 Å². The highest BCUT2D eigenvalue weighted by Gasteiger charge is 2.18. The molecule has 0 bridgehead atoms. The quantitative estimate of drug-likeness (QED) is 0.424. The molecule has 1 aliphatic heterocycles. The van der Waals surface area contributed by atoms with Crippen molar-refractivity contribution in [1.82, 2.24) is 15.1 Å². The predicted octanol–water partition coefficient (Wildman–Crippen LogP) is 3.96. The van der Waals surface area contributed by atoms with Gasteiger partial charge < -0.3 is 19.5 Å². The summed E-state index contributed by atoms with van der Waals surface area (Å²) >= 11 is 0. The molecule has 0 saturated heterocycles. The van der Waals surface area contributed by atoms with Crippen molar-refractivity contribution in [3.8, 4) is 17.2 Å². The summed E-state index contributed by atoms with van der Waals surface area (Å²) in [5.41, 5.74) is 5.16. The van der Waals surface area contributed by atoms with Crippen LogP contribution in [-0.4, -0.2) is 35.5 Å². The van der Waals surface area contributed by atoms with E-state index >= 15 is 0 Å². The largest absolute Gasteiger partial charge is 0.495 e. The zero-order valence-electron chi connectivity index (χ0n) is 20.1. The number of aliphatic imine (C=N–C) groups is 1. The van der Waals surface area contributed by atoms with Crippen LogP contribution >= 0.6 is 0 Å². The third-order valence-electron chi connectivity index (χ3n) is 5.70. The van der Waals surface area contributed by atoms with Gasteiger partial charge in [-0.25, -0.2) is 4.99 Å². The molecule has 1 aromatic heterocycles. The summed E-state index contributed by atoms with van der Waals surface area (Å²) in [7, 11) is 1.60. The number of amides is 1. The molecule has 2 aromatic carbocycles. The van der Waals surface area contributed by atoms with Gasteiger partial charge >= 0.3 is 0 Å². The Morgan fingerprint density at radius 2 is 1.94 bits per heavy atom. The molecule has 0 spiro atoms. The van der Waals surface area contributed by atoms with Gasteiger partial charge in [-0.1, -0.05) is 6.07 Å². The fourth-order valence-electron chi connectivity index (χ4n) is 3.80. The number of fused-ring (bicyclic) bond motifs is 1. The second kappa shape index (κ2) is 9.86. The Kier molecular flexibility index (Phi) is 6.72. The second-order valence-corrected chi connectivity index (χ2v) is 7.98. The highest BCUT2D eigenvalue weighted by molar-refractivity contribution is 6.10. The number of hydrogen-bond donors (Lipinski definition) is 2. The van der Waals surface area contributed by atoms with E-state index in [1.54, 1.807) is 25.3 Å². The molecule has 3 aromatic rings. The number of benzene rings is 2. The molecule has 0 saturated carbocycles. The van der Waals surface area contributed by atoms with E-state index in [0.717, 1.165) is 29.1 Å². The van der Waals surface area contributed by atoms with Crippen LogP contribution in [0.2, 0.25) is 0 Å². The maximum absolute atomic E-state index is 13.1. The molecule has 4 rings (SSSR count). The zero-order chi connectivity index (χ0) is 24.2. The van der Waals surface area contributed by atoms with Crippen molar-refractivity contribution in [2.75, 3.05) is 19.2 Å². The summed E-state index contributed by atoms with van der Waals surface area (Å²) in [6, 6.07) is 10.8. The Hall–Kier alpha value is -4.01. The maximum atomic E-state index is 13.1. The number of hydrogen-bond acceptors (Lipinski definition) is 6. The Balaban J connectivity index is 1.63. The lowest BCUT2D eigenvalue weighted by Gasteiger charge is -2.15. The van der Waals surface area contributed by atoms with Crippen LogP contribution in [0.1, 0.15) is 39.8 Å². The molecule has 2 N–H and O–H groups in total. The molecule has 9 heteroatoms. The lowest BCUT2D eigenvalue weighted by atomic mass is 10.2. The Morgan fingerprint density at radius 3 is 2.68 bits per heavy atom. The number of anilines is 1. The third-order valence-corrected chi connectivity index (χ3v) is 5.70. The SMILES string of the molecule is CCn1nc(C)c(CN=C(NC(=O)c2ccc3c(c2)OCO3)Nc2cc(C)ccc2OC)c1C. The highest BCUT2D eigenvalue weighted by Crippen LogP contribution is 2.32. The smallest absolute Gasteiger partial charge is 0.258 e. The first-order valence-corrected chi connectivity index (χ1v) is 11.1. The number of ether oxygens (including phenoxy) is 3. The Bertz CT molecular complexity index is 1250. The minimum absolute atomic E-state index is 0.145. The fourth-order valence-corrected chi connectivity index (χ4v) is 3.80. The number of carbonyl (C=O) groups excluding carboxylic acids is 1. The molecule has 0 radical (unpaired) electrons. The van der Waals surface area contributed by atoms with Crippen molar-refractivity contribution in [3.63, 3.8) is 0 Å². The summed E-state index contributed by atoms with van der Waals surface area (Å²) in [4.78, 5) is 17.8. The molecule has 2 heterocycles. The number of nitrogens with one attached hydrogen (secondary N) is 2. The number of aryl methyl sites for hydroxylation is 3. The average molecular weight is 464 g/mol. The van der Waals surface area contributed by atoms with E-state index in [1.165, 1.54) is 0 Å². The summed E-state index contributed by atoms with van der Waals surface area (Å²) in [5.74, 6) is 1.77. The summed E-state index contributed by atoms with van der Waals surface area (Å²) in [5, 5.41) is 10.7. The van der Waals surface area contributed by atoms with Gasteiger partial charge in [-0.3, -0.25) is 14.8 Å². The van der Waals surface area contributed by atoms with Gasteiger partial charge in [0.15, 0.2) is 11.5 Å².